The Kier molecular flexibility index (Phi) is 9.22. The summed E-state index contributed by atoms with van der Waals surface area (Å²) in [5.41, 5.74) is 1.55. The average Bonchev–Trinajstić information content (AvgIpc) is 3.25. The van der Waals surface area contributed by atoms with Crippen molar-refractivity contribution >= 4 is 44.2 Å². The lowest BCUT2D eigenvalue weighted by Crippen LogP contribution is -2.25. The third-order valence-electron chi connectivity index (χ3n) is 4.53. The van der Waals surface area contributed by atoms with Crippen LogP contribution >= 0.6 is 23.1 Å². The van der Waals surface area contributed by atoms with Crippen molar-refractivity contribution in [3.63, 3.8) is 0 Å². The first-order valence-corrected chi connectivity index (χ1v) is 13.7. The Morgan fingerprint density at radius 2 is 1.88 bits per heavy atom. The molecule has 32 heavy (non-hydrogen) atoms. The molecule has 0 unspecified atom stereocenters. The van der Waals surface area contributed by atoms with Crippen molar-refractivity contribution in [2.75, 3.05) is 17.6 Å². The first kappa shape index (κ1) is 24.4. The quantitative estimate of drug-likeness (QED) is 0.219. The molecule has 1 heterocycles. The fourth-order valence-electron chi connectivity index (χ4n) is 2.84. The number of rotatable bonds is 12. The number of hydrogen-bond acceptors (Lipinski definition) is 7. The number of nitrogens with zero attached hydrogens (tertiary/aromatic N) is 2. The van der Waals surface area contributed by atoms with Gasteiger partial charge in [0.2, 0.25) is 15.2 Å². The number of hydrogen-bond donors (Lipinski definition) is 2. The maximum absolute atomic E-state index is 12.6. The van der Waals surface area contributed by atoms with Crippen LogP contribution in [0.3, 0.4) is 0 Å². The largest absolute Gasteiger partial charge is 0.296 e. The zero-order chi connectivity index (χ0) is 22.8. The van der Waals surface area contributed by atoms with E-state index >= 15 is 0 Å². The van der Waals surface area contributed by atoms with Crippen molar-refractivity contribution in [1.29, 1.82) is 0 Å². The van der Waals surface area contributed by atoms with Crippen LogP contribution in [-0.4, -0.2) is 36.8 Å². The average molecular weight is 491 g/mol. The SMILES string of the molecule is CCCCNS(=O)(=O)c1cccc(C(=O)Nc2nnc(SCCCc3ccccc3)s2)c1. The molecule has 0 saturated heterocycles. The lowest BCUT2D eigenvalue weighted by atomic mass is 10.1. The second-order valence-electron chi connectivity index (χ2n) is 7.04. The van der Waals surface area contributed by atoms with Crippen LogP contribution < -0.4 is 10.0 Å². The number of benzene rings is 2. The van der Waals surface area contributed by atoms with E-state index in [1.807, 2.05) is 25.1 Å². The van der Waals surface area contributed by atoms with E-state index < -0.39 is 15.9 Å². The van der Waals surface area contributed by atoms with Crippen molar-refractivity contribution in [1.82, 2.24) is 14.9 Å². The molecule has 7 nitrogen and oxygen atoms in total. The van der Waals surface area contributed by atoms with E-state index in [4.69, 9.17) is 0 Å². The third kappa shape index (κ3) is 7.40. The zero-order valence-electron chi connectivity index (χ0n) is 17.8. The summed E-state index contributed by atoms with van der Waals surface area (Å²) in [7, 11) is -3.65. The molecule has 0 saturated carbocycles. The summed E-state index contributed by atoms with van der Waals surface area (Å²) in [5, 5.41) is 11.2. The van der Waals surface area contributed by atoms with E-state index in [2.05, 4.69) is 32.4 Å². The van der Waals surface area contributed by atoms with Gasteiger partial charge in [0.1, 0.15) is 0 Å². The fourth-order valence-corrected chi connectivity index (χ4v) is 5.72. The van der Waals surface area contributed by atoms with Gasteiger partial charge in [-0.15, -0.1) is 10.2 Å². The Morgan fingerprint density at radius 1 is 1.06 bits per heavy atom. The Morgan fingerprint density at radius 3 is 2.66 bits per heavy atom. The molecular weight excluding hydrogens is 464 g/mol. The number of amides is 1. The highest BCUT2D eigenvalue weighted by Crippen LogP contribution is 2.26. The van der Waals surface area contributed by atoms with E-state index in [0.29, 0.717) is 11.7 Å². The summed E-state index contributed by atoms with van der Waals surface area (Å²) < 4.78 is 28.1. The molecule has 0 aliphatic rings. The Bertz CT molecular complexity index is 1120. The van der Waals surface area contributed by atoms with Crippen molar-refractivity contribution in [2.24, 2.45) is 0 Å². The third-order valence-corrected chi connectivity index (χ3v) is 8.05. The second kappa shape index (κ2) is 12.1. The first-order valence-electron chi connectivity index (χ1n) is 10.4. The van der Waals surface area contributed by atoms with Gasteiger partial charge in [-0.1, -0.05) is 72.8 Å². The molecule has 10 heteroatoms. The van der Waals surface area contributed by atoms with Gasteiger partial charge >= 0.3 is 0 Å². The molecule has 0 fully saturated rings. The predicted molar refractivity (Wildman–Crippen MR) is 130 cm³/mol. The van der Waals surface area contributed by atoms with Gasteiger partial charge in [0, 0.05) is 17.9 Å². The minimum Gasteiger partial charge on any atom is -0.296 e. The van der Waals surface area contributed by atoms with Gasteiger partial charge in [0.05, 0.1) is 4.90 Å². The number of thioether (sulfide) groups is 1. The number of nitrogens with one attached hydrogen (secondary N) is 2. The maximum Gasteiger partial charge on any atom is 0.257 e. The number of sulfonamides is 1. The molecular formula is C22H26N4O3S3. The van der Waals surface area contributed by atoms with Gasteiger partial charge < -0.3 is 0 Å². The summed E-state index contributed by atoms with van der Waals surface area (Å²) in [5.74, 6) is 0.481. The van der Waals surface area contributed by atoms with Crippen molar-refractivity contribution in [3.05, 3.63) is 65.7 Å². The van der Waals surface area contributed by atoms with Crippen molar-refractivity contribution < 1.29 is 13.2 Å². The molecule has 2 N–H and O–H groups in total. The fraction of sp³-hybridized carbons (Fsp3) is 0.318. The van der Waals surface area contributed by atoms with Crippen LogP contribution in [0.1, 0.15) is 42.1 Å². The highest BCUT2D eigenvalue weighted by molar-refractivity contribution is 8.01. The normalized spacial score (nSPS) is 11.4. The number of unbranched alkanes of at least 4 members (excludes halogenated alkanes) is 1. The van der Waals surface area contributed by atoms with E-state index in [9.17, 15) is 13.2 Å². The van der Waals surface area contributed by atoms with E-state index in [-0.39, 0.29) is 10.5 Å². The summed E-state index contributed by atoms with van der Waals surface area (Å²) >= 11 is 2.91. The summed E-state index contributed by atoms with van der Waals surface area (Å²) in [4.78, 5) is 12.6. The van der Waals surface area contributed by atoms with Crippen LogP contribution in [0.15, 0.2) is 63.8 Å². The van der Waals surface area contributed by atoms with Crippen LogP contribution in [0.2, 0.25) is 0 Å². The highest BCUT2D eigenvalue weighted by Gasteiger charge is 2.17. The molecule has 0 aliphatic carbocycles. The van der Waals surface area contributed by atoms with Crippen LogP contribution in [0.5, 0.6) is 0 Å². The van der Waals surface area contributed by atoms with Gasteiger partial charge in [-0.25, -0.2) is 13.1 Å². The zero-order valence-corrected chi connectivity index (χ0v) is 20.2. The van der Waals surface area contributed by atoms with E-state index in [1.165, 1.54) is 29.0 Å². The Hall–Kier alpha value is -2.27. The molecule has 0 atom stereocenters. The van der Waals surface area contributed by atoms with E-state index in [0.717, 1.165) is 35.8 Å². The minimum absolute atomic E-state index is 0.0631. The molecule has 1 aromatic heterocycles. The van der Waals surface area contributed by atoms with Gasteiger partial charge in [-0.3, -0.25) is 10.1 Å². The number of aromatic nitrogens is 2. The number of aryl methyl sites for hydroxylation is 1. The standard InChI is InChI=1S/C22H26N4O3S3/c1-2-3-14-23-32(28,29)19-13-7-12-18(16-19)20(27)24-21-25-26-22(31-21)30-15-8-11-17-9-5-4-6-10-17/h4-7,9-10,12-13,16,23H,2-3,8,11,14-15H2,1H3,(H,24,25,27). The van der Waals surface area contributed by atoms with Crippen LogP contribution in [0.25, 0.3) is 0 Å². The first-order chi connectivity index (χ1) is 15.5. The lowest BCUT2D eigenvalue weighted by molar-refractivity contribution is 0.102. The lowest BCUT2D eigenvalue weighted by Gasteiger charge is -2.08. The summed E-state index contributed by atoms with van der Waals surface area (Å²) in [6.45, 7) is 2.35. The van der Waals surface area contributed by atoms with Gasteiger partial charge in [-0.2, -0.15) is 0 Å². The summed E-state index contributed by atoms with van der Waals surface area (Å²) in [6.07, 6.45) is 3.66. The van der Waals surface area contributed by atoms with Crippen LogP contribution in [0.4, 0.5) is 5.13 Å². The molecule has 0 spiro atoms. The van der Waals surface area contributed by atoms with Gasteiger partial charge in [0.25, 0.3) is 5.91 Å². The molecule has 1 amide bonds. The molecule has 170 valence electrons. The minimum atomic E-state index is -3.65. The number of carbonyl (C=O) groups is 1. The molecule has 0 aliphatic heterocycles. The molecule has 2 aromatic carbocycles. The molecule has 3 aromatic rings. The van der Waals surface area contributed by atoms with Crippen LogP contribution in [-0.2, 0) is 16.4 Å². The topological polar surface area (TPSA) is 101 Å². The smallest absolute Gasteiger partial charge is 0.257 e. The van der Waals surface area contributed by atoms with Gasteiger partial charge in [0.15, 0.2) is 4.34 Å². The van der Waals surface area contributed by atoms with Crippen molar-refractivity contribution in [3.8, 4) is 0 Å². The Balaban J connectivity index is 1.52. The number of carbonyl (C=O) groups excluding carboxylic acids is 1. The molecule has 0 bridgehead atoms. The highest BCUT2D eigenvalue weighted by atomic mass is 32.2. The second-order valence-corrected chi connectivity index (χ2v) is 11.1. The van der Waals surface area contributed by atoms with E-state index in [1.54, 1.807) is 23.9 Å². The maximum atomic E-state index is 12.6. The predicted octanol–water partition coefficient (Wildman–Crippen LogP) is 4.59. The van der Waals surface area contributed by atoms with Crippen LogP contribution in [0, 0.1) is 0 Å². The molecule has 3 rings (SSSR count). The van der Waals surface area contributed by atoms with Gasteiger partial charge in [-0.05, 0) is 43.0 Å². The Labute approximate surface area is 197 Å². The monoisotopic (exact) mass is 490 g/mol. The number of anilines is 1. The summed E-state index contributed by atoms with van der Waals surface area (Å²) in [6, 6.07) is 16.3. The molecule has 0 radical (unpaired) electrons. The van der Waals surface area contributed by atoms with Crippen molar-refractivity contribution in [2.45, 2.75) is 41.8 Å².